The van der Waals surface area contributed by atoms with E-state index in [1.807, 2.05) is 30.3 Å². The van der Waals surface area contributed by atoms with Crippen LogP contribution in [0.2, 0.25) is 0 Å². The summed E-state index contributed by atoms with van der Waals surface area (Å²) in [6, 6.07) is 16.3. The van der Waals surface area contributed by atoms with Gasteiger partial charge in [-0.25, -0.2) is 9.97 Å². The number of carbonyl (C=O) groups is 1. The zero-order chi connectivity index (χ0) is 20.2. The number of Topliss-reactive ketones (excluding diaryl/α,β-unsaturated/α-hetero) is 1. The van der Waals surface area contributed by atoms with E-state index >= 15 is 0 Å². The largest absolute Gasteiger partial charge is 0.309 e. The molecule has 1 saturated carbocycles. The van der Waals surface area contributed by atoms with Crippen LogP contribution < -0.4 is 5.56 Å². The van der Waals surface area contributed by atoms with Crippen LogP contribution in [0.25, 0.3) is 21.1 Å². The smallest absolute Gasteiger partial charge is 0.258 e. The molecule has 4 aromatic rings. The SMILES string of the molecule is N#C[C@H]1C(=N)[C@@](c2nc3ccccc3c(=O)[nH]2)(c2nc3ccccc3s2)CC1=O. The highest BCUT2D eigenvalue weighted by Crippen LogP contribution is 2.45. The van der Waals surface area contributed by atoms with Crippen molar-refractivity contribution < 1.29 is 4.79 Å². The molecular weight excluding hydrogens is 386 g/mol. The van der Waals surface area contributed by atoms with Gasteiger partial charge in [0.15, 0.2) is 5.78 Å². The van der Waals surface area contributed by atoms with E-state index < -0.39 is 11.3 Å². The summed E-state index contributed by atoms with van der Waals surface area (Å²) in [5.74, 6) is -1.37. The van der Waals surface area contributed by atoms with E-state index in [2.05, 4.69) is 15.0 Å². The molecule has 1 fully saturated rings. The number of benzene rings is 2. The first-order chi connectivity index (χ1) is 14.0. The molecule has 2 aromatic carbocycles. The van der Waals surface area contributed by atoms with Gasteiger partial charge < -0.3 is 10.4 Å². The van der Waals surface area contributed by atoms with Crippen LogP contribution in [-0.4, -0.2) is 26.4 Å². The van der Waals surface area contributed by atoms with Gasteiger partial charge in [0.25, 0.3) is 5.56 Å². The Balaban J connectivity index is 1.85. The maximum absolute atomic E-state index is 12.7. The van der Waals surface area contributed by atoms with Crippen molar-refractivity contribution in [2.45, 2.75) is 11.8 Å². The van der Waals surface area contributed by atoms with Crippen LogP contribution >= 0.6 is 11.3 Å². The summed E-state index contributed by atoms with van der Waals surface area (Å²) < 4.78 is 0.894. The fourth-order valence-corrected chi connectivity index (χ4v) is 5.02. The Bertz CT molecular complexity index is 1400. The lowest BCUT2D eigenvalue weighted by molar-refractivity contribution is -0.119. The predicted molar refractivity (Wildman–Crippen MR) is 109 cm³/mol. The fraction of sp³-hybridized carbons (Fsp3) is 0.143. The number of para-hydroxylation sites is 2. The van der Waals surface area contributed by atoms with Crippen molar-refractivity contribution in [2.24, 2.45) is 5.92 Å². The van der Waals surface area contributed by atoms with Crippen LogP contribution in [0.1, 0.15) is 17.3 Å². The standard InChI is InChI=1S/C21H13N5O2S/c22-10-12-15(27)9-21(17(12)23,20-25-14-7-3-4-8-16(14)29-20)19-24-13-6-2-1-5-11(13)18(28)26-19/h1-8,12,23H,9H2,(H,24,26,28)/t12-,21+/m1/s1. The maximum Gasteiger partial charge on any atom is 0.258 e. The normalized spacial score (nSPS) is 21.7. The van der Waals surface area contributed by atoms with Crippen molar-refractivity contribution >= 4 is 44.0 Å². The van der Waals surface area contributed by atoms with Crippen molar-refractivity contribution in [3.05, 3.63) is 69.7 Å². The molecule has 0 saturated heterocycles. The summed E-state index contributed by atoms with van der Waals surface area (Å²) >= 11 is 1.34. The van der Waals surface area contributed by atoms with Gasteiger partial charge in [0.2, 0.25) is 0 Å². The van der Waals surface area contributed by atoms with E-state index in [9.17, 15) is 14.9 Å². The minimum absolute atomic E-state index is 0.0949. The monoisotopic (exact) mass is 399 g/mol. The Morgan fingerprint density at radius 1 is 1.10 bits per heavy atom. The Labute approximate surface area is 168 Å². The van der Waals surface area contributed by atoms with Crippen LogP contribution in [0.3, 0.4) is 0 Å². The van der Waals surface area contributed by atoms with Gasteiger partial charge in [0.1, 0.15) is 22.2 Å². The van der Waals surface area contributed by atoms with E-state index in [-0.39, 0.29) is 29.3 Å². The third-order valence-electron chi connectivity index (χ3n) is 5.32. The molecule has 0 aliphatic heterocycles. The van der Waals surface area contributed by atoms with Crippen molar-refractivity contribution in [3.8, 4) is 6.07 Å². The number of H-pyrrole nitrogens is 1. The molecular formula is C21H13N5O2S. The molecule has 140 valence electrons. The van der Waals surface area contributed by atoms with Gasteiger partial charge in [-0.05, 0) is 24.3 Å². The number of rotatable bonds is 2. The van der Waals surface area contributed by atoms with Crippen LogP contribution in [0.5, 0.6) is 0 Å². The molecule has 7 nitrogen and oxygen atoms in total. The molecule has 1 aliphatic rings. The molecule has 29 heavy (non-hydrogen) atoms. The first-order valence-electron chi connectivity index (χ1n) is 8.91. The summed E-state index contributed by atoms with van der Waals surface area (Å²) in [6.07, 6.45) is -0.134. The van der Waals surface area contributed by atoms with Crippen LogP contribution in [0, 0.1) is 22.7 Å². The molecule has 2 N–H and O–H groups in total. The molecule has 1 aliphatic carbocycles. The van der Waals surface area contributed by atoms with Gasteiger partial charge >= 0.3 is 0 Å². The van der Waals surface area contributed by atoms with Crippen molar-refractivity contribution in [3.63, 3.8) is 0 Å². The van der Waals surface area contributed by atoms with Gasteiger partial charge in [-0.3, -0.25) is 9.59 Å². The highest BCUT2D eigenvalue weighted by molar-refractivity contribution is 7.18. The Hall–Kier alpha value is -3.70. The summed E-state index contributed by atoms with van der Waals surface area (Å²) in [6.45, 7) is 0. The number of hydrogen-bond acceptors (Lipinski definition) is 7. The Morgan fingerprint density at radius 2 is 1.83 bits per heavy atom. The predicted octanol–water partition coefficient (Wildman–Crippen LogP) is 2.95. The maximum atomic E-state index is 12.7. The number of nitriles is 1. The number of nitrogens with one attached hydrogen (secondary N) is 2. The second-order valence-corrected chi connectivity index (χ2v) is 7.97. The van der Waals surface area contributed by atoms with E-state index in [1.165, 1.54) is 11.3 Å². The number of aromatic nitrogens is 3. The van der Waals surface area contributed by atoms with Gasteiger partial charge in [0, 0.05) is 6.42 Å². The quantitative estimate of drug-likeness (QED) is 0.536. The minimum Gasteiger partial charge on any atom is -0.309 e. The molecule has 2 aromatic heterocycles. The molecule has 0 radical (unpaired) electrons. The molecule has 0 amide bonds. The number of aromatic amines is 1. The minimum atomic E-state index is -1.36. The lowest BCUT2D eigenvalue weighted by atomic mass is 9.82. The highest BCUT2D eigenvalue weighted by Gasteiger charge is 2.56. The first-order valence-corrected chi connectivity index (χ1v) is 9.73. The highest BCUT2D eigenvalue weighted by atomic mass is 32.1. The second-order valence-electron chi connectivity index (χ2n) is 6.94. The summed E-state index contributed by atoms with van der Waals surface area (Å²) in [4.78, 5) is 37.4. The van der Waals surface area contributed by atoms with E-state index in [1.54, 1.807) is 24.3 Å². The lowest BCUT2D eigenvalue weighted by Crippen LogP contribution is -2.37. The molecule has 0 unspecified atom stereocenters. The van der Waals surface area contributed by atoms with Crippen molar-refractivity contribution in [1.29, 1.82) is 10.7 Å². The zero-order valence-electron chi connectivity index (χ0n) is 15.0. The number of hydrogen-bond donors (Lipinski definition) is 2. The molecule has 0 bridgehead atoms. The number of carbonyl (C=O) groups excluding carboxylic acids is 1. The number of ketones is 1. The third-order valence-corrected chi connectivity index (χ3v) is 6.51. The summed E-state index contributed by atoms with van der Waals surface area (Å²) in [5.41, 5.74) is -0.609. The average Bonchev–Trinajstić information content (AvgIpc) is 3.27. The number of fused-ring (bicyclic) bond motifs is 2. The molecule has 5 rings (SSSR count). The van der Waals surface area contributed by atoms with Gasteiger partial charge in [-0.15, -0.1) is 11.3 Å². The Kier molecular flexibility index (Phi) is 3.69. The van der Waals surface area contributed by atoms with Gasteiger partial charge in [0.05, 0.1) is 32.9 Å². The zero-order valence-corrected chi connectivity index (χ0v) is 15.8. The van der Waals surface area contributed by atoms with Crippen LogP contribution in [0.4, 0.5) is 0 Å². The summed E-state index contributed by atoms with van der Waals surface area (Å²) in [7, 11) is 0. The molecule has 0 spiro atoms. The van der Waals surface area contributed by atoms with Crippen LogP contribution in [0.15, 0.2) is 53.3 Å². The van der Waals surface area contributed by atoms with E-state index in [0.29, 0.717) is 15.9 Å². The van der Waals surface area contributed by atoms with Crippen molar-refractivity contribution in [2.75, 3.05) is 0 Å². The topological polar surface area (TPSA) is 123 Å². The van der Waals surface area contributed by atoms with Crippen LogP contribution in [-0.2, 0) is 10.2 Å². The lowest BCUT2D eigenvalue weighted by Gasteiger charge is -2.25. The number of nitrogens with zero attached hydrogens (tertiary/aromatic N) is 3. The first kappa shape index (κ1) is 17.4. The molecule has 8 heteroatoms. The fourth-order valence-electron chi connectivity index (χ4n) is 3.85. The summed E-state index contributed by atoms with van der Waals surface area (Å²) in [5, 5.41) is 19.1. The number of thiazole rings is 1. The van der Waals surface area contributed by atoms with Gasteiger partial charge in [-0.2, -0.15) is 5.26 Å². The third kappa shape index (κ3) is 2.38. The van der Waals surface area contributed by atoms with Crippen molar-refractivity contribution in [1.82, 2.24) is 15.0 Å². The second kappa shape index (κ2) is 6.15. The van der Waals surface area contributed by atoms with Gasteiger partial charge in [-0.1, -0.05) is 24.3 Å². The van der Waals surface area contributed by atoms with E-state index in [0.717, 1.165) is 10.2 Å². The average molecular weight is 399 g/mol. The molecule has 2 heterocycles. The Morgan fingerprint density at radius 3 is 2.55 bits per heavy atom. The van der Waals surface area contributed by atoms with E-state index in [4.69, 9.17) is 5.41 Å². The molecule has 2 atom stereocenters.